The highest BCUT2D eigenvalue weighted by molar-refractivity contribution is 5.91. The highest BCUT2D eigenvalue weighted by Gasteiger charge is 2.64. The second-order valence-corrected chi connectivity index (χ2v) is 6.92. The highest BCUT2D eigenvalue weighted by atomic mass is 16.6. The van der Waals surface area contributed by atoms with Crippen molar-refractivity contribution in [1.82, 2.24) is 4.90 Å². The van der Waals surface area contributed by atoms with Gasteiger partial charge in [-0.2, -0.15) is 0 Å². The lowest BCUT2D eigenvalue weighted by Crippen LogP contribution is -2.54. The Hall–Kier alpha value is -1.06. The van der Waals surface area contributed by atoms with E-state index in [1.54, 1.807) is 0 Å². The summed E-state index contributed by atoms with van der Waals surface area (Å²) in [7, 11) is 0. The lowest BCUT2D eigenvalue weighted by Gasteiger charge is -2.40. The van der Waals surface area contributed by atoms with Crippen LogP contribution >= 0.6 is 0 Å². The van der Waals surface area contributed by atoms with E-state index in [0.29, 0.717) is 12.2 Å². The Morgan fingerprint density at radius 1 is 1.33 bits per heavy atom. The quantitative estimate of drug-likeness (QED) is 0.664. The van der Waals surface area contributed by atoms with Crippen molar-refractivity contribution in [1.29, 1.82) is 0 Å². The molecule has 3 rings (SSSR count). The predicted octanol–water partition coefficient (Wildman–Crippen LogP) is 2.51. The summed E-state index contributed by atoms with van der Waals surface area (Å²) in [4.78, 5) is 26.3. The maximum atomic E-state index is 12.3. The van der Waals surface area contributed by atoms with Crippen LogP contribution in [0.25, 0.3) is 0 Å². The van der Waals surface area contributed by atoms with E-state index in [2.05, 4.69) is 0 Å². The molecular formula is C14H21NO3. The minimum atomic E-state index is -0.464. The first-order valence-electron chi connectivity index (χ1n) is 6.88. The maximum absolute atomic E-state index is 12.3. The topological polar surface area (TPSA) is 46.6 Å². The fourth-order valence-electron chi connectivity index (χ4n) is 3.57. The van der Waals surface area contributed by atoms with Crippen LogP contribution in [-0.2, 0) is 9.53 Å². The molecule has 0 radical (unpaired) electrons. The van der Waals surface area contributed by atoms with Gasteiger partial charge in [0, 0.05) is 23.9 Å². The van der Waals surface area contributed by atoms with Crippen molar-refractivity contribution in [3.8, 4) is 0 Å². The molecule has 0 N–H and O–H groups in total. The van der Waals surface area contributed by atoms with E-state index in [0.717, 1.165) is 25.7 Å². The van der Waals surface area contributed by atoms with E-state index in [1.807, 2.05) is 25.7 Å². The van der Waals surface area contributed by atoms with Gasteiger partial charge in [0.05, 0.1) is 0 Å². The van der Waals surface area contributed by atoms with E-state index >= 15 is 0 Å². The average Bonchev–Trinajstić information content (AvgIpc) is 2.93. The Morgan fingerprint density at radius 3 is 2.56 bits per heavy atom. The number of rotatable bonds is 0. The summed E-state index contributed by atoms with van der Waals surface area (Å²) < 4.78 is 5.49. The Bertz CT molecular complexity index is 406. The number of amides is 1. The number of ether oxygens (including phenoxy) is 1. The monoisotopic (exact) mass is 251 g/mol. The van der Waals surface area contributed by atoms with E-state index in [4.69, 9.17) is 4.74 Å². The summed E-state index contributed by atoms with van der Waals surface area (Å²) in [5, 5.41) is 0. The number of hydrogen-bond donors (Lipinski definition) is 0. The molecule has 2 bridgehead atoms. The van der Waals surface area contributed by atoms with Gasteiger partial charge >= 0.3 is 6.09 Å². The lowest BCUT2D eigenvalue weighted by molar-refractivity contribution is -0.130. The third kappa shape index (κ3) is 1.65. The van der Waals surface area contributed by atoms with Gasteiger partial charge in [0.2, 0.25) is 0 Å². The standard InChI is InChI=1S/C14H21NO3/c1-13(2,3)18-12(17)15-9-4-5-10(15)14(6-7-14)11(16)8-9/h9-10H,4-8H2,1-3H3. The number of carbonyl (C=O) groups excluding carboxylic acids is 2. The molecule has 2 saturated heterocycles. The van der Waals surface area contributed by atoms with Crippen molar-refractivity contribution in [3.05, 3.63) is 0 Å². The Morgan fingerprint density at radius 2 is 2.00 bits per heavy atom. The SMILES string of the molecule is CC(C)(C)OC(=O)N1C2CCC1C1(CC1)C(=O)C2. The van der Waals surface area contributed by atoms with Gasteiger partial charge < -0.3 is 9.64 Å². The predicted molar refractivity (Wildman–Crippen MR) is 66.2 cm³/mol. The van der Waals surface area contributed by atoms with Crippen LogP contribution in [-0.4, -0.2) is 34.5 Å². The van der Waals surface area contributed by atoms with Gasteiger partial charge in [-0.3, -0.25) is 4.79 Å². The molecule has 3 aliphatic rings. The van der Waals surface area contributed by atoms with E-state index in [9.17, 15) is 9.59 Å². The molecule has 4 heteroatoms. The Labute approximate surface area is 108 Å². The Kier molecular flexibility index (Phi) is 2.32. The minimum absolute atomic E-state index is 0.0866. The molecule has 4 nitrogen and oxygen atoms in total. The largest absolute Gasteiger partial charge is 0.444 e. The van der Waals surface area contributed by atoms with Gasteiger partial charge in [-0.1, -0.05) is 0 Å². The van der Waals surface area contributed by atoms with Crippen LogP contribution in [0, 0.1) is 5.41 Å². The van der Waals surface area contributed by atoms with Crippen LogP contribution in [0.3, 0.4) is 0 Å². The molecule has 1 spiro atoms. The molecule has 18 heavy (non-hydrogen) atoms. The first-order chi connectivity index (χ1) is 8.33. The second-order valence-electron chi connectivity index (χ2n) is 6.92. The van der Waals surface area contributed by atoms with Crippen LogP contribution in [0.5, 0.6) is 0 Å². The smallest absolute Gasteiger partial charge is 0.410 e. The fraction of sp³-hybridized carbons (Fsp3) is 0.857. The molecule has 2 atom stereocenters. The minimum Gasteiger partial charge on any atom is -0.444 e. The average molecular weight is 251 g/mol. The van der Waals surface area contributed by atoms with Gasteiger partial charge in [0.15, 0.2) is 0 Å². The summed E-state index contributed by atoms with van der Waals surface area (Å²) in [6.07, 6.45) is 4.15. The van der Waals surface area contributed by atoms with Gasteiger partial charge in [-0.25, -0.2) is 4.79 Å². The van der Waals surface area contributed by atoms with Crippen LogP contribution in [0.2, 0.25) is 0 Å². The fourth-order valence-corrected chi connectivity index (χ4v) is 3.57. The molecule has 0 aromatic rings. The molecule has 0 aromatic carbocycles. The maximum Gasteiger partial charge on any atom is 0.410 e. The lowest BCUT2D eigenvalue weighted by atomic mass is 9.86. The summed E-state index contributed by atoms with van der Waals surface area (Å²) in [5.74, 6) is 0.384. The number of carbonyl (C=O) groups is 2. The summed E-state index contributed by atoms with van der Waals surface area (Å²) in [5.41, 5.74) is -0.654. The zero-order chi connectivity index (χ0) is 13.1. The van der Waals surface area contributed by atoms with Crippen molar-refractivity contribution in [2.45, 2.75) is 70.6 Å². The van der Waals surface area contributed by atoms with Crippen LogP contribution in [0.1, 0.15) is 52.9 Å². The Balaban J connectivity index is 1.82. The third-order valence-electron chi connectivity index (χ3n) is 4.51. The first kappa shape index (κ1) is 12.0. The van der Waals surface area contributed by atoms with Crippen LogP contribution < -0.4 is 0 Å². The molecule has 100 valence electrons. The number of ketones is 1. The van der Waals surface area contributed by atoms with Crippen molar-refractivity contribution in [3.63, 3.8) is 0 Å². The summed E-state index contributed by atoms with van der Waals surface area (Å²) in [6.45, 7) is 5.65. The third-order valence-corrected chi connectivity index (χ3v) is 4.51. The van der Waals surface area contributed by atoms with Gasteiger partial charge in [0.1, 0.15) is 11.4 Å². The molecule has 1 saturated carbocycles. The second kappa shape index (κ2) is 3.49. The van der Waals surface area contributed by atoms with Crippen LogP contribution in [0.4, 0.5) is 4.79 Å². The number of nitrogens with zero attached hydrogens (tertiary/aromatic N) is 1. The highest BCUT2D eigenvalue weighted by Crippen LogP contribution is 2.59. The van der Waals surface area contributed by atoms with Gasteiger partial charge in [-0.05, 0) is 46.5 Å². The number of piperidine rings is 1. The zero-order valence-electron chi connectivity index (χ0n) is 11.4. The molecular weight excluding hydrogens is 230 g/mol. The number of Topliss-reactive ketones (excluding diaryl/α,β-unsaturated/α-hetero) is 1. The van der Waals surface area contributed by atoms with Crippen LogP contribution in [0.15, 0.2) is 0 Å². The normalized spacial score (nSPS) is 32.8. The van der Waals surface area contributed by atoms with E-state index < -0.39 is 5.60 Å². The van der Waals surface area contributed by atoms with Gasteiger partial charge in [-0.15, -0.1) is 0 Å². The molecule has 2 unspecified atom stereocenters. The first-order valence-corrected chi connectivity index (χ1v) is 6.88. The molecule has 1 aliphatic carbocycles. The van der Waals surface area contributed by atoms with Crippen molar-refractivity contribution >= 4 is 11.9 Å². The molecule has 1 amide bonds. The molecule has 2 heterocycles. The van der Waals surface area contributed by atoms with E-state index in [1.165, 1.54) is 0 Å². The van der Waals surface area contributed by atoms with Crippen molar-refractivity contribution < 1.29 is 14.3 Å². The van der Waals surface area contributed by atoms with Crippen molar-refractivity contribution in [2.75, 3.05) is 0 Å². The number of hydrogen-bond acceptors (Lipinski definition) is 3. The molecule has 2 aliphatic heterocycles. The summed E-state index contributed by atoms with van der Waals surface area (Å²) in [6, 6.07) is 0.196. The van der Waals surface area contributed by atoms with Crippen molar-refractivity contribution in [2.24, 2.45) is 5.41 Å². The number of fused-ring (bicyclic) bond motifs is 3. The molecule has 3 fully saturated rings. The summed E-state index contributed by atoms with van der Waals surface area (Å²) >= 11 is 0. The van der Waals surface area contributed by atoms with E-state index in [-0.39, 0.29) is 23.6 Å². The molecule has 0 aromatic heterocycles. The van der Waals surface area contributed by atoms with Gasteiger partial charge in [0.25, 0.3) is 0 Å². The zero-order valence-corrected chi connectivity index (χ0v) is 11.4.